The van der Waals surface area contributed by atoms with Crippen LogP contribution >= 0.6 is 46.4 Å². The number of carbonyl (C=O) groups excluding carboxylic acids is 1. The van der Waals surface area contributed by atoms with Gasteiger partial charge in [-0.05, 0) is 55.3 Å². The van der Waals surface area contributed by atoms with Gasteiger partial charge in [0.15, 0.2) is 0 Å². The molecule has 1 atom stereocenters. The van der Waals surface area contributed by atoms with E-state index in [1.54, 1.807) is 24.3 Å². The van der Waals surface area contributed by atoms with Gasteiger partial charge < -0.3 is 5.32 Å². The Hall–Kier alpha value is -0.970. The highest BCUT2D eigenvalue weighted by Crippen LogP contribution is 2.28. The number of hydrogen-bond donors (Lipinski definition) is 1. The van der Waals surface area contributed by atoms with Crippen molar-refractivity contribution in [3.63, 3.8) is 0 Å². The Morgan fingerprint density at radius 3 is 2.42 bits per heavy atom. The summed E-state index contributed by atoms with van der Waals surface area (Å²) in [6, 6.07) is 10.6. The maximum Gasteiger partial charge on any atom is 0.228 e. The number of likely N-dealkylation sites (tertiary alicyclic amines) is 1. The first-order valence-electron chi connectivity index (χ1n) is 8.34. The summed E-state index contributed by atoms with van der Waals surface area (Å²) in [4.78, 5) is 14.9. The van der Waals surface area contributed by atoms with Gasteiger partial charge in [0.1, 0.15) is 0 Å². The molecule has 0 spiro atoms. The van der Waals surface area contributed by atoms with E-state index in [9.17, 15) is 4.79 Å². The Kier molecular flexibility index (Phi) is 6.70. The maximum atomic E-state index is 12.6. The SMILES string of the molecule is O=C(Nc1ccc(Cl)cc1Cl)[C@@H]1CCCN(Cc2ccc(Cl)cc2Cl)C1. The van der Waals surface area contributed by atoms with Crippen LogP contribution in [0.25, 0.3) is 0 Å². The van der Waals surface area contributed by atoms with Gasteiger partial charge in [0.25, 0.3) is 0 Å². The van der Waals surface area contributed by atoms with Gasteiger partial charge in [-0.3, -0.25) is 9.69 Å². The lowest BCUT2D eigenvalue weighted by Crippen LogP contribution is -2.40. The Bertz CT molecular complexity index is 812. The van der Waals surface area contributed by atoms with E-state index in [2.05, 4.69) is 10.2 Å². The van der Waals surface area contributed by atoms with E-state index in [0.717, 1.165) is 24.9 Å². The minimum atomic E-state index is -0.0958. The highest BCUT2D eigenvalue weighted by Gasteiger charge is 2.26. The van der Waals surface area contributed by atoms with Crippen LogP contribution in [0.3, 0.4) is 0 Å². The molecular formula is C19H18Cl4N2O. The van der Waals surface area contributed by atoms with Gasteiger partial charge in [0, 0.05) is 28.2 Å². The van der Waals surface area contributed by atoms with E-state index in [4.69, 9.17) is 46.4 Å². The Labute approximate surface area is 173 Å². The van der Waals surface area contributed by atoms with E-state index in [1.165, 1.54) is 0 Å². The second kappa shape index (κ2) is 8.81. The van der Waals surface area contributed by atoms with Crippen molar-refractivity contribution < 1.29 is 4.79 Å². The number of rotatable bonds is 4. The molecule has 0 saturated carbocycles. The number of amides is 1. The van der Waals surface area contributed by atoms with Crippen LogP contribution in [0.4, 0.5) is 5.69 Å². The molecule has 2 aromatic rings. The fourth-order valence-corrected chi connectivity index (χ4v) is 4.05. The summed E-state index contributed by atoms with van der Waals surface area (Å²) in [6.07, 6.45) is 1.81. The molecule has 0 unspecified atom stereocenters. The van der Waals surface area contributed by atoms with E-state index in [1.807, 2.05) is 12.1 Å². The maximum absolute atomic E-state index is 12.6. The van der Waals surface area contributed by atoms with Crippen molar-refractivity contribution in [1.82, 2.24) is 4.90 Å². The van der Waals surface area contributed by atoms with Crippen molar-refractivity contribution in [3.05, 3.63) is 62.1 Å². The number of piperidine rings is 1. The van der Waals surface area contributed by atoms with E-state index < -0.39 is 0 Å². The average molecular weight is 432 g/mol. The smallest absolute Gasteiger partial charge is 0.228 e. The lowest BCUT2D eigenvalue weighted by molar-refractivity contribution is -0.121. The number of hydrogen-bond acceptors (Lipinski definition) is 2. The minimum absolute atomic E-state index is 0.0267. The first kappa shape index (κ1) is 19.8. The van der Waals surface area contributed by atoms with Crippen LogP contribution in [-0.4, -0.2) is 23.9 Å². The predicted octanol–water partition coefficient (Wildman–Crippen LogP) is 6.15. The number of nitrogens with zero attached hydrogens (tertiary/aromatic N) is 1. The number of anilines is 1. The zero-order valence-electron chi connectivity index (χ0n) is 13.9. The molecule has 26 heavy (non-hydrogen) atoms. The van der Waals surface area contributed by atoms with Gasteiger partial charge in [-0.2, -0.15) is 0 Å². The normalized spacial score (nSPS) is 17.9. The Balaban J connectivity index is 1.63. The standard InChI is InChI=1S/C19H18Cl4N2O/c20-14-4-3-12(16(22)8-14)10-25-7-1-2-13(11-25)19(26)24-18-6-5-15(21)9-17(18)23/h3-6,8-9,13H,1-2,7,10-11H2,(H,24,26)/t13-/m1/s1. The molecule has 138 valence electrons. The Morgan fingerprint density at radius 1 is 1.04 bits per heavy atom. The van der Waals surface area contributed by atoms with E-state index in [-0.39, 0.29) is 11.8 Å². The van der Waals surface area contributed by atoms with E-state index in [0.29, 0.717) is 38.9 Å². The van der Waals surface area contributed by atoms with Crippen molar-refractivity contribution in [3.8, 4) is 0 Å². The third-order valence-corrected chi connectivity index (χ3v) is 5.61. The Morgan fingerprint density at radius 2 is 1.73 bits per heavy atom. The fourth-order valence-electron chi connectivity index (χ4n) is 3.13. The largest absolute Gasteiger partial charge is 0.324 e. The summed E-state index contributed by atoms with van der Waals surface area (Å²) in [5.41, 5.74) is 1.59. The number of benzene rings is 2. The topological polar surface area (TPSA) is 32.3 Å². The molecule has 1 aliphatic rings. The van der Waals surface area contributed by atoms with Gasteiger partial charge in [0.2, 0.25) is 5.91 Å². The third kappa shape index (κ3) is 5.05. The molecule has 3 nitrogen and oxygen atoms in total. The first-order valence-corrected chi connectivity index (χ1v) is 9.86. The summed E-state index contributed by atoms with van der Waals surface area (Å²) in [7, 11) is 0. The van der Waals surface area contributed by atoms with Crippen molar-refractivity contribution in [2.75, 3.05) is 18.4 Å². The number of nitrogens with one attached hydrogen (secondary N) is 1. The molecule has 0 aromatic heterocycles. The van der Waals surface area contributed by atoms with Gasteiger partial charge in [-0.15, -0.1) is 0 Å². The van der Waals surface area contributed by atoms with Gasteiger partial charge in [0.05, 0.1) is 16.6 Å². The minimum Gasteiger partial charge on any atom is -0.324 e. The molecule has 0 bridgehead atoms. The van der Waals surface area contributed by atoms with Gasteiger partial charge >= 0.3 is 0 Å². The van der Waals surface area contributed by atoms with Crippen LogP contribution in [0, 0.1) is 5.92 Å². The zero-order valence-corrected chi connectivity index (χ0v) is 17.0. The quantitative estimate of drug-likeness (QED) is 0.629. The fraction of sp³-hybridized carbons (Fsp3) is 0.316. The molecule has 2 aromatic carbocycles. The van der Waals surface area contributed by atoms with Crippen molar-refractivity contribution >= 4 is 58.0 Å². The van der Waals surface area contributed by atoms with Crippen molar-refractivity contribution in [2.45, 2.75) is 19.4 Å². The van der Waals surface area contributed by atoms with Crippen LogP contribution in [0.5, 0.6) is 0 Å². The third-order valence-electron chi connectivity index (χ3n) is 4.47. The highest BCUT2D eigenvalue weighted by atomic mass is 35.5. The van der Waals surface area contributed by atoms with Crippen LogP contribution in [0.1, 0.15) is 18.4 Å². The number of carbonyl (C=O) groups is 1. The molecule has 1 N–H and O–H groups in total. The summed E-state index contributed by atoms with van der Waals surface area (Å²) in [6.45, 7) is 2.31. The predicted molar refractivity (Wildman–Crippen MR) is 110 cm³/mol. The van der Waals surface area contributed by atoms with Gasteiger partial charge in [-0.25, -0.2) is 0 Å². The summed E-state index contributed by atoms with van der Waals surface area (Å²) in [5.74, 6) is -0.123. The molecule has 0 aliphatic carbocycles. The summed E-state index contributed by atoms with van der Waals surface area (Å²) >= 11 is 24.3. The second-order valence-electron chi connectivity index (χ2n) is 6.42. The van der Waals surface area contributed by atoms with Crippen LogP contribution < -0.4 is 5.32 Å². The number of halogens is 4. The van der Waals surface area contributed by atoms with Crippen molar-refractivity contribution in [2.24, 2.45) is 5.92 Å². The summed E-state index contributed by atoms with van der Waals surface area (Å²) < 4.78 is 0. The van der Waals surface area contributed by atoms with Crippen LogP contribution in [-0.2, 0) is 11.3 Å². The van der Waals surface area contributed by atoms with Crippen LogP contribution in [0.2, 0.25) is 20.1 Å². The molecule has 3 rings (SSSR count). The van der Waals surface area contributed by atoms with E-state index >= 15 is 0 Å². The van der Waals surface area contributed by atoms with Crippen LogP contribution in [0.15, 0.2) is 36.4 Å². The monoisotopic (exact) mass is 430 g/mol. The highest BCUT2D eigenvalue weighted by molar-refractivity contribution is 6.36. The zero-order chi connectivity index (χ0) is 18.7. The first-order chi connectivity index (χ1) is 12.4. The average Bonchev–Trinajstić information content (AvgIpc) is 2.60. The molecule has 0 radical (unpaired) electrons. The summed E-state index contributed by atoms with van der Waals surface area (Å²) in [5, 5.41) is 5.16. The molecule has 1 heterocycles. The lowest BCUT2D eigenvalue weighted by Gasteiger charge is -2.32. The second-order valence-corrected chi connectivity index (χ2v) is 8.11. The molecule has 7 heteroatoms. The molecule has 1 fully saturated rings. The van der Waals surface area contributed by atoms with Gasteiger partial charge in [-0.1, -0.05) is 52.5 Å². The molecular weight excluding hydrogens is 414 g/mol. The van der Waals surface area contributed by atoms with Crippen molar-refractivity contribution in [1.29, 1.82) is 0 Å². The lowest BCUT2D eigenvalue weighted by atomic mass is 9.96. The molecule has 1 amide bonds. The molecule has 1 saturated heterocycles. The molecule has 1 aliphatic heterocycles.